The van der Waals surface area contributed by atoms with Gasteiger partial charge in [0.25, 0.3) is 11.8 Å². The molecule has 0 unspecified atom stereocenters. The minimum Gasteiger partial charge on any atom is -0.267 e. The van der Waals surface area contributed by atoms with E-state index < -0.39 is 13.6 Å². The third-order valence-corrected chi connectivity index (χ3v) is 7.39. The molecule has 0 saturated heterocycles. The Morgan fingerprint density at radius 2 is 1.50 bits per heavy atom. The first-order valence-corrected chi connectivity index (χ1v) is 14.2. The van der Waals surface area contributed by atoms with Gasteiger partial charge in [-0.05, 0) is 58.0 Å². The maximum absolute atomic E-state index is 13.5. The second-order valence-electron chi connectivity index (χ2n) is 9.26. The molecule has 0 saturated carbocycles. The van der Waals surface area contributed by atoms with Gasteiger partial charge in [0.1, 0.15) is 0 Å². The molecule has 0 aromatic heterocycles. The van der Waals surface area contributed by atoms with E-state index in [0.29, 0.717) is 22.2 Å². The molecule has 0 aliphatic rings. The van der Waals surface area contributed by atoms with Crippen molar-refractivity contribution in [1.29, 1.82) is 0 Å². The van der Waals surface area contributed by atoms with Crippen LogP contribution < -0.4 is 5.19 Å². The SMILES string of the molecule is CCN(C(=O)c1cc(Cl)ccc1Cl)N(C(=O)c1ccc([Si](C)(C)C)cc1)C(C)(C)C. The summed E-state index contributed by atoms with van der Waals surface area (Å²) in [6, 6.07) is 12.5. The fourth-order valence-electron chi connectivity index (χ4n) is 3.19. The molecule has 0 spiro atoms. The lowest BCUT2D eigenvalue weighted by Gasteiger charge is -2.43. The summed E-state index contributed by atoms with van der Waals surface area (Å²) in [6.07, 6.45) is 0. The molecule has 0 atom stereocenters. The molecule has 2 aromatic carbocycles. The van der Waals surface area contributed by atoms with Crippen LogP contribution in [-0.2, 0) is 0 Å². The summed E-state index contributed by atoms with van der Waals surface area (Å²) in [5.74, 6) is -0.607. The molecular formula is C23H30Cl2N2O2Si. The number of hydrogen-bond donors (Lipinski definition) is 0. The number of carbonyl (C=O) groups excluding carboxylic acids is 2. The Kier molecular flexibility index (Phi) is 7.44. The zero-order chi connectivity index (χ0) is 22.9. The molecule has 30 heavy (non-hydrogen) atoms. The van der Waals surface area contributed by atoms with Crippen LogP contribution in [0.4, 0.5) is 0 Å². The van der Waals surface area contributed by atoms with Crippen molar-refractivity contribution in [3.63, 3.8) is 0 Å². The highest BCUT2D eigenvalue weighted by Crippen LogP contribution is 2.26. The lowest BCUT2D eigenvalue weighted by atomic mass is 10.1. The summed E-state index contributed by atoms with van der Waals surface area (Å²) in [5.41, 5.74) is 0.170. The molecule has 4 nitrogen and oxygen atoms in total. The van der Waals surface area contributed by atoms with Crippen molar-refractivity contribution in [1.82, 2.24) is 10.0 Å². The molecular weight excluding hydrogens is 435 g/mol. The second kappa shape index (κ2) is 9.12. The van der Waals surface area contributed by atoms with Crippen molar-refractivity contribution < 1.29 is 9.59 Å². The van der Waals surface area contributed by atoms with Crippen LogP contribution in [-0.4, -0.2) is 42.0 Å². The molecule has 0 fully saturated rings. The lowest BCUT2D eigenvalue weighted by molar-refractivity contribution is -0.0410. The van der Waals surface area contributed by atoms with Crippen molar-refractivity contribution in [3.05, 3.63) is 63.6 Å². The fraction of sp³-hybridized carbons (Fsp3) is 0.391. The van der Waals surface area contributed by atoms with Crippen LogP contribution >= 0.6 is 23.2 Å². The maximum atomic E-state index is 13.5. The van der Waals surface area contributed by atoms with Crippen LogP contribution in [0.5, 0.6) is 0 Å². The third-order valence-electron chi connectivity index (χ3n) is 4.76. The van der Waals surface area contributed by atoms with E-state index in [2.05, 4.69) is 19.6 Å². The number of benzene rings is 2. The minimum absolute atomic E-state index is 0.238. The standard InChI is InChI=1S/C23H30Cl2N2O2Si/c1-8-26(22(29)19-15-17(24)11-14-20(19)25)27(23(2,3)4)21(28)16-9-12-18(13-10-16)30(5,6)7/h9-15H,8H2,1-7H3. The quantitative estimate of drug-likeness (QED) is 0.419. The summed E-state index contributed by atoms with van der Waals surface area (Å²) >= 11 is 12.3. The van der Waals surface area contributed by atoms with Crippen molar-refractivity contribution >= 4 is 48.3 Å². The lowest BCUT2D eigenvalue weighted by Crippen LogP contribution is -2.58. The summed E-state index contributed by atoms with van der Waals surface area (Å²) in [7, 11) is -1.47. The van der Waals surface area contributed by atoms with Gasteiger partial charge in [-0.1, -0.05) is 60.2 Å². The smallest absolute Gasteiger partial charge is 0.267 e. The van der Waals surface area contributed by atoms with Crippen molar-refractivity contribution in [2.75, 3.05) is 6.54 Å². The van der Waals surface area contributed by atoms with Crippen LogP contribution in [0, 0.1) is 0 Å². The molecule has 2 rings (SSSR count). The van der Waals surface area contributed by atoms with Crippen molar-refractivity contribution in [3.8, 4) is 0 Å². The van der Waals surface area contributed by atoms with Gasteiger partial charge < -0.3 is 0 Å². The first-order valence-electron chi connectivity index (χ1n) is 9.99. The van der Waals surface area contributed by atoms with E-state index in [1.54, 1.807) is 12.1 Å². The minimum atomic E-state index is -1.47. The van der Waals surface area contributed by atoms with Gasteiger partial charge in [0, 0.05) is 17.1 Å². The number of hydrazine groups is 1. The van der Waals surface area contributed by atoms with Gasteiger partial charge in [-0.3, -0.25) is 9.59 Å². The van der Waals surface area contributed by atoms with Gasteiger partial charge in [-0.15, -0.1) is 0 Å². The molecule has 0 bridgehead atoms. The first-order chi connectivity index (χ1) is 13.8. The molecule has 2 amide bonds. The fourth-order valence-corrected chi connectivity index (χ4v) is 4.72. The largest absolute Gasteiger partial charge is 0.274 e. The predicted molar refractivity (Wildman–Crippen MR) is 129 cm³/mol. The van der Waals surface area contributed by atoms with Gasteiger partial charge in [-0.2, -0.15) is 0 Å². The van der Waals surface area contributed by atoms with Gasteiger partial charge in [0.2, 0.25) is 0 Å². The predicted octanol–water partition coefficient (Wildman–Crippen LogP) is 5.86. The normalized spacial score (nSPS) is 11.9. The highest BCUT2D eigenvalue weighted by molar-refractivity contribution is 6.88. The summed E-state index contributed by atoms with van der Waals surface area (Å²) in [5, 5.41) is 4.93. The Balaban J connectivity index is 2.48. The van der Waals surface area contributed by atoms with Gasteiger partial charge >= 0.3 is 0 Å². The molecule has 0 aliphatic carbocycles. The van der Waals surface area contributed by atoms with E-state index in [-0.39, 0.29) is 17.4 Å². The van der Waals surface area contributed by atoms with Crippen molar-refractivity contribution in [2.24, 2.45) is 0 Å². The highest BCUT2D eigenvalue weighted by atomic mass is 35.5. The third kappa shape index (κ3) is 5.45. The average molecular weight is 465 g/mol. The van der Waals surface area contributed by atoms with Gasteiger partial charge in [0.15, 0.2) is 0 Å². The van der Waals surface area contributed by atoms with E-state index in [9.17, 15) is 9.59 Å². The highest BCUT2D eigenvalue weighted by Gasteiger charge is 2.36. The Hall–Kier alpha value is -1.82. The molecule has 0 N–H and O–H groups in total. The summed E-state index contributed by atoms with van der Waals surface area (Å²) in [6.45, 7) is 14.6. The molecule has 0 heterocycles. The number of rotatable bonds is 4. The average Bonchev–Trinajstić information content (AvgIpc) is 2.65. The Morgan fingerprint density at radius 3 is 1.97 bits per heavy atom. The number of nitrogens with zero attached hydrogens (tertiary/aromatic N) is 2. The maximum Gasteiger partial charge on any atom is 0.274 e. The first kappa shape index (κ1) is 24.4. The number of amides is 2. The number of carbonyl (C=O) groups is 2. The number of halogens is 2. The van der Waals surface area contributed by atoms with Crippen LogP contribution in [0.1, 0.15) is 48.4 Å². The van der Waals surface area contributed by atoms with Crippen LogP contribution in [0.25, 0.3) is 0 Å². The molecule has 2 aromatic rings. The molecule has 0 aliphatic heterocycles. The van der Waals surface area contributed by atoms with Crippen LogP contribution in [0.2, 0.25) is 29.7 Å². The van der Waals surface area contributed by atoms with Crippen LogP contribution in [0.15, 0.2) is 42.5 Å². The van der Waals surface area contributed by atoms with E-state index in [1.807, 2.05) is 52.0 Å². The Bertz CT molecular complexity index is 932. The monoisotopic (exact) mass is 464 g/mol. The number of hydrogen-bond acceptors (Lipinski definition) is 2. The van der Waals surface area contributed by atoms with E-state index >= 15 is 0 Å². The van der Waals surface area contributed by atoms with E-state index in [4.69, 9.17) is 23.2 Å². The van der Waals surface area contributed by atoms with E-state index in [0.717, 1.165) is 0 Å². The zero-order valence-electron chi connectivity index (χ0n) is 18.7. The molecule has 162 valence electrons. The summed E-state index contributed by atoms with van der Waals surface area (Å²) < 4.78 is 0. The second-order valence-corrected chi connectivity index (χ2v) is 15.2. The van der Waals surface area contributed by atoms with Crippen molar-refractivity contribution in [2.45, 2.75) is 52.9 Å². The van der Waals surface area contributed by atoms with Gasteiger partial charge in [-0.25, -0.2) is 10.0 Å². The molecule has 7 heteroatoms. The van der Waals surface area contributed by atoms with Gasteiger partial charge in [0.05, 0.1) is 24.2 Å². The van der Waals surface area contributed by atoms with Crippen LogP contribution in [0.3, 0.4) is 0 Å². The zero-order valence-corrected chi connectivity index (χ0v) is 21.2. The molecule has 0 radical (unpaired) electrons. The summed E-state index contributed by atoms with van der Waals surface area (Å²) in [4.78, 5) is 26.9. The van der Waals surface area contributed by atoms with E-state index in [1.165, 1.54) is 21.3 Å². The Labute approximate surface area is 190 Å². The topological polar surface area (TPSA) is 40.6 Å². The Morgan fingerprint density at radius 1 is 0.933 bits per heavy atom.